The van der Waals surface area contributed by atoms with Crippen LogP contribution >= 0.6 is 11.8 Å². The van der Waals surface area contributed by atoms with E-state index in [4.69, 9.17) is 9.26 Å². The van der Waals surface area contributed by atoms with Gasteiger partial charge in [0.05, 0.1) is 5.75 Å². The van der Waals surface area contributed by atoms with Gasteiger partial charge in [0.2, 0.25) is 11.7 Å². The molecular weight excluding hydrogens is 288 g/mol. The summed E-state index contributed by atoms with van der Waals surface area (Å²) in [6, 6.07) is 0. The second kappa shape index (κ2) is 6.92. The Morgan fingerprint density at radius 1 is 1.38 bits per heavy atom. The highest BCUT2D eigenvalue weighted by molar-refractivity contribution is 8.00. The number of nitrogens with zero attached hydrogens (tertiary/aromatic N) is 2. The average molecular weight is 310 g/mol. The highest BCUT2D eigenvalue weighted by atomic mass is 32.2. The lowest BCUT2D eigenvalue weighted by atomic mass is 9.85. The van der Waals surface area contributed by atoms with Crippen molar-refractivity contribution in [2.75, 3.05) is 18.1 Å². The number of aromatic nitrogens is 2. The molecule has 2 unspecified atom stereocenters. The Balaban J connectivity index is 1.76. The predicted octanol–water partition coefficient (Wildman–Crippen LogP) is 3.13. The molecule has 1 aromatic rings. The third-order valence-electron chi connectivity index (χ3n) is 4.35. The van der Waals surface area contributed by atoms with Crippen LogP contribution in [0.25, 0.3) is 0 Å². The lowest BCUT2D eigenvalue weighted by Gasteiger charge is -2.27. The van der Waals surface area contributed by atoms with E-state index in [0.29, 0.717) is 30.0 Å². The number of thioether (sulfide) groups is 1. The first-order valence-corrected chi connectivity index (χ1v) is 9.00. The largest absolute Gasteiger partial charge is 0.370 e. The van der Waals surface area contributed by atoms with Gasteiger partial charge in [0.15, 0.2) is 5.78 Å². The second-order valence-electron chi connectivity index (χ2n) is 5.80. The van der Waals surface area contributed by atoms with Gasteiger partial charge in [-0.05, 0) is 25.7 Å². The fourth-order valence-electron chi connectivity index (χ4n) is 3.22. The molecule has 5 nitrogen and oxygen atoms in total. The van der Waals surface area contributed by atoms with Crippen molar-refractivity contribution in [3.63, 3.8) is 0 Å². The summed E-state index contributed by atoms with van der Waals surface area (Å²) in [5.41, 5.74) is 0. The van der Waals surface area contributed by atoms with Gasteiger partial charge in [-0.3, -0.25) is 4.79 Å². The number of carbonyl (C=O) groups excluding carboxylic acids is 1. The van der Waals surface area contributed by atoms with E-state index in [-0.39, 0.29) is 17.8 Å². The smallest absolute Gasteiger partial charge is 0.238 e. The lowest BCUT2D eigenvalue weighted by molar-refractivity contribution is -0.117. The van der Waals surface area contributed by atoms with Crippen molar-refractivity contribution in [3.05, 3.63) is 11.7 Å². The van der Waals surface area contributed by atoms with Crippen molar-refractivity contribution < 1.29 is 14.1 Å². The standard InChI is InChI=1S/C15H22N2O3S/c1-2-19-13(10-6-4-3-5-7-10)14-16-15(20-17-14)11-8-21-9-12(11)18/h10-11,13H,2-9H2,1H3. The first-order chi connectivity index (χ1) is 10.3. The molecule has 3 rings (SSSR count). The molecule has 2 atom stereocenters. The second-order valence-corrected chi connectivity index (χ2v) is 6.83. The monoisotopic (exact) mass is 310 g/mol. The minimum atomic E-state index is -0.218. The number of rotatable bonds is 5. The summed E-state index contributed by atoms with van der Waals surface area (Å²) in [5, 5.41) is 4.12. The molecule has 1 aromatic heterocycles. The van der Waals surface area contributed by atoms with Gasteiger partial charge in [-0.25, -0.2) is 0 Å². The van der Waals surface area contributed by atoms with Crippen LogP contribution in [0.2, 0.25) is 0 Å². The van der Waals surface area contributed by atoms with Crippen molar-refractivity contribution >= 4 is 17.5 Å². The van der Waals surface area contributed by atoms with Gasteiger partial charge in [0.1, 0.15) is 12.0 Å². The van der Waals surface area contributed by atoms with Crippen molar-refractivity contribution in [2.24, 2.45) is 5.92 Å². The number of ketones is 1. The molecule has 0 aromatic carbocycles. The quantitative estimate of drug-likeness (QED) is 0.832. The van der Waals surface area contributed by atoms with Crippen LogP contribution in [-0.4, -0.2) is 34.0 Å². The Morgan fingerprint density at radius 3 is 2.86 bits per heavy atom. The van der Waals surface area contributed by atoms with Crippen LogP contribution < -0.4 is 0 Å². The first-order valence-electron chi connectivity index (χ1n) is 7.85. The minimum Gasteiger partial charge on any atom is -0.370 e. The summed E-state index contributed by atoms with van der Waals surface area (Å²) >= 11 is 1.63. The number of hydrogen-bond acceptors (Lipinski definition) is 6. The summed E-state index contributed by atoms with van der Waals surface area (Å²) < 4.78 is 11.3. The Hall–Kier alpha value is -0.880. The molecule has 1 saturated carbocycles. The highest BCUT2D eigenvalue weighted by Gasteiger charge is 2.34. The van der Waals surface area contributed by atoms with Gasteiger partial charge in [0, 0.05) is 12.4 Å². The Morgan fingerprint density at radius 2 is 2.19 bits per heavy atom. The van der Waals surface area contributed by atoms with Crippen molar-refractivity contribution in [1.82, 2.24) is 10.1 Å². The van der Waals surface area contributed by atoms with Crippen molar-refractivity contribution in [3.8, 4) is 0 Å². The molecular formula is C15H22N2O3S. The van der Waals surface area contributed by atoms with Gasteiger partial charge in [-0.1, -0.05) is 24.4 Å². The topological polar surface area (TPSA) is 65.2 Å². The molecule has 0 spiro atoms. The Labute approximate surface area is 129 Å². The van der Waals surface area contributed by atoms with E-state index < -0.39 is 0 Å². The molecule has 1 aliphatic heterocycles. The summed E-state index contributed by atoms with van der Waals surface area (Å²) in [7, 11) is 0. The van der Waals surface area contributed by atoms with Crippen molar-refractivity contribution in [2.45, 2.75) is 51.0 Å². The van der Waals surface area contributed by atoms with E-state index in [9.17, 15) is 4.79 Å². The maximum absolute atomic E-state index is 11.8. The van der Waals surface area contributed by atoms with E-state index in [0.717, 1.165) is 18.6 Å². The van der Waals surface area contributed by atoms with Gasteiger partial charge in [-0.2, -0.15) is 16.7 Å². The minimum absolute atomic E-state index is 0.0861. The number of hydrogen-bond donors (Lipinski definition) is 0. The van der Waals surface area contributed by atoms with Crippen LogP contribution in [0.15, 0.2) is 4.52 Å². The lowest BCUT2D eigenvalue weighted by Crippen LogP contribution is -2.20. The van der Waals surface area contributed by atoms with Crippen LogP contribution in [0.5, 0.6) is 0 Å². The van der Waals surface area contributed by atoms with Crippen LogP contribution in [-0.2, 0) is 9.53 Å². The Bertz CT molecular complexity index is 485. The van der Waals surface area contributed by atoms with E-state index in [1.54, 1.807) is 11.8 Å². The molecule has 21 heavy (non-hydrogen) atoms. The summed E-state index contributed by atoms with van der Waals surface area (Å²) in [4.78, 5) is 16.3. The van der Waals surface area contributed by atoms with Crippen LogP contribution in [0.4, 0.5) is 0 Å². The van der Waals surface area contributed by atoms with Gasteiger partial charge in [-0.15, -0.1) is 0 Å². The van der Waals surface area contributed by atoms with E-state index in [1.807, 2.05) is 6.92 Å². The molecule has 2 aliphatic rings. The summed E-state index contributed by atoms with van der Waals surface area (Å²) in [6.07, 6.45) is 6.03. The van der Waals surface area contributed by atoms with Crippen LogP contribution in [0, 0.1) is 5.92 Å². The zero-order chi connectivity index (χ0) is 14.7. The zero-order valence-corrected chi connectivity index (χ0v) is 13.2. The maximum atomic E-state index is 11.8. The molecule has 0 amide bonds. The van der Waals surface area contributed by atoms with Gasteiger partial charge in [0.25, 0.3) is 0 Å². The van der Waals surface area contributed by atoms with Gasteiger partial charge >= 0.3 is 0 Å². The molecule has 116 valence electrons. The number of carbonyl (C=O) groups is 1. The van der Waals surface area contributed by atoms with Crippen LogP contribution in [0.1, 0.15) is 62.8 Å². The first kappa shape index (κ1) is 15.0. The molecule has 1 saturated heterocycles. The fourth-order valence-corrected chi connectivity index (χ4v) is 4.31. The highest BCUT2D eigenvalue weighted by Crippen LogP contribution is 2.37. The summed E-state index contributed by atoms with van der Waals surface area (Å²) in [5.74, 6) is 2.86. The molecule has 0 N–H and O–H groups in total. The molecule has 2 heterocycles. The Kier molecular flexibility index (Phi) is 4.95. The van der Waals surface area contributed by atoms with E-state index >= 15 is 0 Å². The molecule has 0 bridgehead atoms. The molecule has 6 heteroatoms. The van der Waals surface area contributed by atoms with Crippen molar-refractivity contribution in [1.29, 1.82) is 0 Å². The predicted molar refractivity (Wildman–Crippen MR) is 80.3 cm³/mol. The SMILES string of the molecule is CCOC(c1noc(C2CSCC2=O)n1)C1CCCCC1. The normalized spacial score (nSPS) is 25.4. The number of ether oxygens (including phenoxy) is 1. The fraction of sp³-hybridized carbons (Fsp3) is 0.800. The van der Waals surface area contributed by atoms with Gasteiger partial charge < -0.3 is 9.26 Å². The third-order valence-corrected chi connectivity index (χ3v) is 5.41. The maximum Gasteiger partial charge on any atom is 0.238 e. The third kappa shape index (κ3) is 3.31. The summed E-state index contributed by atoms with van der Waals surface area (Å²) in [6.45, 7) is 2.64. The van der Waals surface area contributed by atoms with Crippen LogP contribution in [0.3, 0.4) is 0 Å². The van der Waals surface area contributed by atoms with E-state index in [2.05, 4.69) is 10.1 Å². The van der Waals surface area contributed by atoms with E-state index in [1.165, 1.54) is 19.3 Å². The molecule has 1 aliphatic carbocycles. The molecule has 0 radical (unpaired) electrons. The average Bonchev–Trinajstić information content (AvgIpc) is 3.14. The molecule has 2 fully saturated rings. The zero-order valence-electron chi connectivity index (χ0n) is 12.4. The number of Topliss-reactive ketones (excluding diaryl/α,β-unsaturated/α-hetero) is 1.